The van der Waals surface area contributed by atoms with Gasteiger partial charge in [-0.25, -0.2) is 0 Å². The summed E-state index contributed by atoms with van der Waals surface area (Å²) >= 11 is 0. The molecule has 0 radical (unpaired) electrons. The molecule has 1 aromatic rings. The van der Waals surface area contributed by atoms with E-state index in [4.69, 9.17) is 0 Å². The minimum absolute atomic E-state index is 0.268. The van der Waals surface area contributed by atoms with Gasteiger partial charge in [-0.2, -0.15) is 0 Å². The van der Waals surface area contributed by atoms with Crippen molar-refractivity contribution in [2.75, 3.05) is 18.6 Å². The summed E-state index contributed by atoms with van der Waals surface area (Å²) < 4.78 is 0. The molecule has 4 heteroatoms. The summed E-state index contributed by atoms with van der Waals surface area (Å²) in [5, 5.41) is 13.2. The van der Waals surface area contributed by atoms with Gasteiger partial charge in [0.05, 0.1) is 12.2 Å². The normalized spacial score (nSPS) is 25.4. The molecule has 4 nitrogen and oxygen atoms in total. The van der Waals surface area contributed by atoms with Crippen molar-refractivity contribution in [3.05, 3.63) is 29.8 Å². The maximum Gasteiger partial charge on any atom is 0.274 e. The highest BCUT2D eigenvalue weighted by Crippen LogP contribution is 2.28. The van der Waals surface area contributed by atoms with Crippen LogP contribution < -0.4 is 5.01 Å². The SMILES string of the molecule is Cc1ccccc1N1CC(C)(O)C(=O)N1C. The average Bonchev–Trinajstić information content (AvgIpc) is 2.43. The van der Waals surface area contributed by atoms with Gasteiger partial charge in [-0.15, -0.1) is 0 Å². The van der Waals surface area contributed by atoms with Crippen molar-refractivity contribution in [1.29, 1.82) is 0 Å². The highest BCUT2D eigenvalue weighted by Gasteiger charge is 2.44. The maximum absolute atomic E-state index is 11.8. The number of hydrazine groups is 1. The fourth-order valence-electron chi connectivity index (χ4n) is 2.02. The lowest BCUT2D eigenvalue weighted by atomic mass is 10.1. The number of amides is 1. The fraction of sp³-hybridized carbons (Fsp3) is 0.417. The number of likely N-dealkylation sites (N-methyl/N-ethyl adjacent to an activating group) is 1. The first-order valence-electron chi connectivity index (χ1n) is 5.27. The van der Waals surface area contributed by atoms with Crippen LogP contribution in [0.4, 0.5) is 5.69 Å². The summed E-state index contributed by atoms with van der Waals surface area (Å²) in [5.74, 6) is -0.268. The highest BCUT2D eigenvalue weighted by atomic mass is 16.3. The van der Waals surface area contributed by atoms with Crippen LogP contribution in [0.5, 0.6) is 0 Å². The molecule has 1 unspecified atom stereocenters. The Morgan fingerprint density at radius 3 is 2.50 bits per heavy atom. The van der Waals surface area contributed by atoms with Gasteiger partial charge in [0, 0.05) is 7.05 Å². The molecule has 1 fully saturated rings. The Hall–Kier alpha value is -1.55. The Morgan fingerprint density at radius 2 is 2.00 bits per heavy atom. The van der Waals surface area contributed by atoms with Gasteiger partial charge in [-0.3, -0.25) is 14.8 Å². The van der Waals surface area contributed by atoms with E-state index in [1.165, 1.54) is 5.01 Å². The summed E-state index contributed by atoms with van der Waals surface area (Å²) in [7, 11) is 1.68. The van der Waals surface area contributed by atoms with Gasteiger partial charge in [-0.1, -0.05) is 18.2 Å². The molecule has 1 N–H and O–H groups in total. The number of benzene rings is 1. The summed E-state index contributed by atoms with van der Waals surface area (Å²) in [6, 6.07) is 7.81. The van der Waals surface area contributed by atoms with Crippen LogP contribution in [0.1, 0.15) is 12.5 Å². The van der Waals surface area contributed by atoms with E-state index in [0.717, 1.165) is 11.3 Å². The van der Waals surface area contributed by atoms with E-state index in [1.807, 2.05) is 31.2 Å². The molecule has 1 aliphatic rings. The number of carbonyl (C=O) groups is 1. The molecule has 1 atom stereocenters. The Bertz CT molecular complexity index is 429. The van der Waals surface area contributed by atoms with E-state index in [1.54, 1.807) is 19.0 Å². The van der Waals surface area contributed by atoms with E-state index in [-0.39, 0.29) is 5.91 Å². The van der Waals surface area contributed by atoms with Gasteiger partial charge < -0.3 is 5.11 Å². The topological polar surface area (TPSA) is 43.8 Å². The van der Waals surface area contributed by atoms with Crippen LogP contribution in [0, 0.1) is 6.92 Å². The quantitative estimate of drug-likeness (QED) is 0.766. The van der Waals surface area contributed by atoms with Crippen molar-refractivity contribution < 1.29 is 9.90 Å². The first-order chi connectivity index (χ1) is 7.43. The summed E-state index contributed by atoms with van der Waals surface area (Å²) in [4.78, 5) is 11.8. The third-order valence-electron chi connectivity index (χ3n) is 2.97. The van der Waals surface area contributed by atoms with Crippen LogP contribution >= 0.6 is 0 Å². The summed E-state index contributed by atoms with van der Waals surface area (Å²) in [6.07, 6.45) is 0. The standard InChI is InChI=1S/C12H16N2O2/c1-9-6-4-5-7-10(9)14-8-12(2,16)11(15)13(14)3/h4-7,16H,8H2,1-3H3. The van der Waals surface area contributed by atoms with Gasteiger partial charge >= 0.3 is 0 Å². The van der Waals surface area contributed by atoms with Crippen LogP contribution in [-0.2, 0) is 4.79 Å². The molecule has 1 amide bonds. The monoisotopic (exact) mass is 220 g/mol. The molecule has 1 aromatic carbocycles. The van der Waals surface area contributed by atoms with Gasteiger partial charge in [0.1, 0.15) is 0 Å². The average molecular weight is 220 g/mol. The second kappa shape index (κ2) is 3.49. The third kappa shape index (κ3) is 1.55. The van der Waals surface area contributed by atoms with Crippen LogP contribution in [0.3, 0.4) is 0 Å². The van der Waals surface area contributed by atoms with Crippen molar-refractivity contribution in [2.24, 2.45) is 0 Å². The lowest BCUT2D eigenvalue weighted by Gasteiger charge is -2.26. The van der Waals surface area contributed by atoms with E-state index < -0.39 is 5.60 Å². The molecule has 1 heterocycles. The predicted octanol–water partition coefficient (Wildman–Crippen LogP) is 0.939. The number of nitrogens with zero attached hydrogens (tertiary/aromatic N) is 2. The predicted molar refractivity (Wildman–Crippen MR) is 61.9 cm³/mol. The lowest BCUT2D eigenvalue weighted by Crippen LogP contribution is -2.37. The second-order valence-electron chi connectivity index (χ2n) is 4.45. The largest absolute Gasteiger partial charge is 0.378 e. The van der Waals surface area contributed by atoms with E-state index >= 15 is 0 Å². The molecular weight excluding hydrogens is 204 g/mol. The maximum atomic E-state index is 11.8. The molecule has 2 rings (SSSR count). The molecular formula is C12H16N2O2. The van der Waals surface area contributed by atoms with Crippen LogP contribution in [0.2, 0.25) is 0 Å². The zero-order valence-electron chi connectivity index (χ0n) is 9.77. The number of β-amino-alcohol motifs (C(OH)–C–C–N with tert-alkyl or cyclic N) is 1. The van der Waals surface area contributed by atoms with Gasteiger partial charge in [0.15, 0.2) is 5.60 Å². The number of carbonyl (C=O) groups excluding carboxylic acids is 1. The first kappa shape index (κ1) is 11.0. The number of para-hydroxylation sites is 1. The molecule has 16 heavy (non-hydrogen) atoms. The zero-order valence-corrected chi connectivity index (χ0v) is 9.77. The summed E-state index contributed by atoms with van der Waals surface area (Å²) in [5.41, 5.74) is 0.743. The number of hydrogen-bond acceptors (Lipinski definition) is 3. The Kier molecular flexibility index (Phi) is 2.39. The van der Waals surface area contributed by atoms with Crippen LogP contribution in [0.25, 0.3) is 0 Å². The smallest absolute Gasteiger partial charge is 0.274 e. The Morgan fingerprint density at radius 1 is 1.38 bits per heavy atom. The van der Waals surface area contributed by atoms with Crippen LogP contribution in [-0.4, -0.2) is 35.2 Å². The minimum Gasteiger partial charge on any atom is -0.378 e. The zero-order chi connectivity index (χ0) is 11.9. The van der Waals surface area contributed by atoms with Gasteiger partial charge in [0.25, 0.3) is 5.91 Å². The first-order valence-corrected chi connectivity index (χ1v) is 5.27. The Labute approximate surface area is 95.1 Å². The lowest BCUT2D eigenvalue weighted by molar-refractivity contribution is -0.140. The van der Waals surface area contributed by atoms with Crippen molar-refractivity contribution in [3.8, 4) is 0 Å². The molecule has 0 spiro atoms. The molecule has 1 aliphatic heterocycles. The fourth-order valence-corrected chi connectivity index (χ4v) is 2.02. The van der Waals surface area contributed by atoms with Crippen LogP contribution in [0.15, 0.2) is 24.3 Å². The van der Waals surface area contributed by atoms with E-state index in [0.29, 0.717) is 6.54 Å². The van der Waals surface area contributed by atoms with Crippen molar-refractivity contribution in [3.63, 3.8) is 0 Å². The molecule has 0 saturated carbocycles. The van der Waals surface area contributed by atoms with Gasteiger partial charge in [0.2, 0.25) is 0 Å². The second-order valence-corrected chi connectivity index (χ2v) is 4.45. The number of hydrogen-bond donors (Lipinski definition) is 1. The van der Waals surface area contributed by atoms with Crippen molar-refractivity contribution in [1.82, 2.24) is 5.01 Å². The molecule has 1 saturated heterocycles. The third-order valence-corrected chi connectivity index (χ3v) is 2.97. The number of anilines is 1. The van der Waals surface area contributed by atoms with Gasteiger partial charge in [-0.05, 0) is 25.5 Å². The molecule has 0 aliphatic carbocycles. The molecule has 86 valence electrons. The number of rotatable bonds is 1. The van der Waals surface area contributed by atoms with E-state index in [2.05, 4.69) is 0 Å². The highest BCUT2D eigenvalue weighted by molar-refractivity contribution is 5.89. The Balaban J connectivity index is 2.38. The molecule has 0 aromatic heterocycles. The van der Waals surface area contributed by atoms with Crippen molar-refractivity contribution >= 4 is 11.6 Å². The number of aryl methyl sites for hydroxylation is 1. The van der Waals surface area contributed by atoms with Crippen molar-refractivity contribution in [2.45, 2.75) is 19.4 Å². The molecule has 0 bridgehead atoms. The van der Waals surface area contributed by atoms with E-state index in [9.17, 15) is 9.90 Å². The number of aliphatic hydroxyl groups is 1. The minimum atomic E-state index is -1.29. The summed E-state index contributed by atoms with van der Waals surface area (Å²) in [6.45, 7) is 3.83.